The maximum absolute atomic E-state index is 14.4. The number of alkyl carbamates (subject to hydrolysis) is 1. The summed E-state index contributed by atoms with van der Waals surface area (Å²) >= 11 is 0. The number of unbranched alkanes of at least 4 members (excludes halogenated alkanes) is 4. The number of aryl methyl sites for hydroxylation is 1. The SMILES string of the molecule is CCCCCCCN(C(=O)C(CC(C)C)NC(=O)OC(C)(C)C)C(C(=O)NCc1ccccc1)c1ccccc1C. The first kappa shape index (κ1) is 33.9. The highest BCUT2D eigenvalue weighted by Gasteiger charge is 2.36. The molecular formula is C34H51N3O4. The Morgan fingerprint density at radius 3 is 2.15 bits per heavy atom. The molecule has 0 spiro atoms. The Morgan fingerprint density at radius 1 is 0.902 bits per heavy atom. The molecule has 41 heavy (non-hydrogen) atoms. The summed E-state index contributed by atoms with van der Waals surface area (Å²) in [6.07, 6.45) is 4.82. The van der Waals surface area contributed by atoms with E-state index in [-0.39, 0.29) is 17.7 Å². The van der Waals surface area contributed by atoms with Crippen molar-refractivity contribution in [1.82, 2.24) is 15.5 Å². The number of carbonyl (C=O) groups is 3. The minimum absolute atomic E-state index is 0.133. The van der Waals surface area contributed by atoms with Crippen LogP contribution in [0.4, 0.5) is 4.79 Å². The molecule has 2 N–H and O–H groups in total. The van der Waals surface area contributed by atoms with E-state index in [1.807, 2.05) is 75.4 Å². The van der Waals surface area contributed by atoms with Crippen LogP contribution in [0.25, 0.3) is 0 Å². The number of nitrogens with one attached hydrogen (secondary N) is 2. The van der Waals surface area contributed by atoms with Gasteiger partial charge < -0.3 is 20.3 Å². The number of hydrogen-bond donors (Lipinski definition) is 2. The van der Waals surface area contributed by atoms with E-state index in [9.17, 15) is 14.4 Å². The second-order valence-electron chi connectivity index (χ2n) is 12.2. The molecule has 0 radical (unpaired) electrons. The van der Waals surface area contributed by atoms with Crippen molar-refractivity contribution in [2.24, 2.45) is 5.92 Å². The molecule has 0 bridgehead atoms. The molecule has 0 fully saturated rings. The lowest BCUT2D eigenvalue weighted by atomic mass is 9.96. The van der Waals surface area contributed by atoms with E-state index < -0.39 is 23.8 Å². The lowest BCUT2D eigenvalue weighted by Crippen LogP contribution is -2.53. The average molecular weight is 566 g/mol. The van der Waals surface area contributed by atoms with Crippen LogP contribution in [0.1, 0.15) is 103 Å². The molecular weight excluding hydrogens is 514 g/mol. The third-order valence-electron chi connectivity index (χ3n) is 6.83. The van der Waals surface area contributed by atoms with E-state index in [4.69, 9.17) is 4.74 Å². The fourth-order valence-electron chi connectivity index (χ4n) is 4.82. The van der Waals surface area contributed by atoms with E-state index in [1.165, 1.54) is 0 Å². The monoisotopic (exact) mass is 565 g/mol. The number of rotatable bonds is 15. The lowest BCUT2D eigenvalue weighted by Gasteiger charge is -2.35. The number of ether oxygens (including phenoxy) is 1. The van der Waals surface area contributed by atoms with Crippen molar-refractivity contribution in [3.8, 4) is 0 Å². The topological polar surface area (TPSA) is 87.7 Å². The molecule has 2 unspecified atom stereocenters. The van der Waals surface area contributed by atoms with E-state index >= 15 is 0 Å². The molecule has 0 heterocycles. The van der Waals surface area contributed by atoms with Crippen LogP contribution >= 0.6 is 0 Å². The summed E-state index contributed by atoms with van der Waals surface area (Å²) in [5.74, 6) is -0.386. The number of benzene rings is 2. The molecule has 7 nitrogen and oxygen atoms in total. The molecule has 2 aromatic rings. The van der Waals surface area contributed by atoms with Gasteiger partial charge in [0.2, 0.25) is 11.8 Å². The van der Waals surface area contributed by atoms with Crippen LogP contribution in [-0.2, 0) is 20.9 Å². The van der Waals surface area contributed by atoms with Crippen molar-refractivity contribution < 1.29 is 19.1 Å². The molecule has 0 aliphatic rings. The molecule has 2 atom stereocenters. The lowest BCUT2D eigenvalue weighted by molar-refractivity contribution is -0.143. The standard InChI is InChI=1S/C34H51N3O4/c1-8-9-10-11-17-22-37(32(39)29(23-25(2)3)36-33(40)41-34(5,6)7)30(28-21-16-15-18-26(28)4)31(38)35-24-27-19-13-12-14-20-27/h12-16,18-21,25,29-30H,8-11,17,22-24H2,1-7H3,(H,35,38)(H,36,40). The van der Waals surface area contributed by atoms with Gasteiger partial charge >= 0.3 is 6.09 Å². The minimum atomic E-state index is -0.839. The zero-order chi connectivity index (χ0) is 30.4. The highest BCUT2D eigenvalue weighted by molar-refractivity contribution is 5.92. The summed E-state index contributed by atoms with van der Waals surface area (Å²) in [5, 5.41) is 5.91. The molecule has 0 aliphatic heterocycles. The van der Waals surface area contributed by atoms with Gasteiger partial charge in [0, 0.05) is 13.1 Å². The number of amides is 3. The summed E-state index contributed by atoms with van der Waals surface area (Å²) in [4.78, 5) is 42.9. The third-order valence-corrected chi connectivity index (χ3v) is 6.83. The minimum Gasteiger partial charge on any atom is -0.444 e. The van der Waals surface area contributed by atoms with Gasteiger partial charge in [-0.05, 0) is 63.1 Å². The molecule has 0 aliphatic carbocycles. The second kappa shape index (κ2) is 16.8. The average Bonchev–Trinajstić information content (AvgIpc) is 2.90. The highest BCUT2D eigenvalue weighted by Crippen LogP contribution is 2.27. The van der Waals surface area contributed by atoms with Crippen LogP contribution < -0.4 is 10.6 Å². The maximum atomic E-state index is 14.4. The highest BCUT2D eigenvalue weighted by atomic mass is 16.6. The molecule has 2 aromatic carbocycles. The first-order valence-corrected chi connectivity index (χ1v) is 15.1. The summed E-state index contributed by atoms with van der Waals surface area (Å²) in [6, 6.07) is 15.8. The third kappa shape index (κ3) is 12.0. The van der Waals surface area contributed by atoms with Gasteiger partial charge in [-0.15, -0.1) is 0 Å². The van der Waals surface area contributed by atoms with Crippen LogP contribution in [0.5, 0.6) is 0 Å². The Kier molecular flexibility index (Phi) is 13.9. The normalized spacial score (nSPS) is 12.9. The van der Waals surface area contributed by atoms with Gasteiger partial charge in [0.05, 0.1) is 0 Å². The molecule has 0 saturated heterocycles. The Hall–Kier alpha value is -3.35. The zero-order valence-electron chi connectivity index (χ0n) is 26.2. The largest absolute Gasteiger partial charge is 0.444 e. The fourth-order valence-corrected chi connectivity index (χ4v) is 4.82. The summed E-state index contributed by atoms with van der Waals surface area (Å²) in [7, 11) is 0. The fraction of sp³-hybridized carbons (Fsp3) is 0.559. The van der Waals surface area contributed by atoms with Crippen molar-refractivity contribution in [1.29, 1.82) is 0 Å². The van der Waals surface area contributed by atoms with Gasteiger partial charge in [0.25, 0.3) is 0 Å². The van der Waals surface area contributed by atoms with Crippen LogP contribution in [0.2, 0.25) is 0 Å². The Bertz CT molecular complexity index is 1090. The molecule has 3 amide bonds. The quantitative estimate of drug-likeness (QED) is 0.226. The molecule has 226 valence electrons. The van der Waals surface area contributed by atoms with E-state index in [1.54, 1.807) is 25.7 Å². The van der Waals surface area contributed by atoms with E-state index in [2.05, 4.69) is 17.6 Å². The van der Waals surface area contributed by atoms with E-state index in [0.29, 0.717) is 19.5 Å². The van der Waals surface area contributed by atoms with Crippen LogP contribution in [0.3, 0.4) is 0 Å². The predicted octanol–water partition coefficient (Wildman–Crippen LogP) is 7.09. The van der Waals surface area contributed by atoms with Crippen LogP contribution in [0.15, 0.2) is 54.6 Å². The molecule has 0 saturated carbocycles. The number of carbonyl (C=O) groups excluding carboxylic acids is 3. The summed E-state index contributed by atoms with van der Waals surface area (Å²) in [5.41, 5.74) is 1.98. The first-order valence-electron chi connectivity index (χ1n) is 15.1. The van der Waals surface area contributed by atoms with Crippen molar-refractivity contribution >= 4 is 17.9 Å². The Labute approximate surface area is 247 Å². The predicted molar refractivity (Wildman–Crippen MR) is 165 cm³/mol. The molecule has 7 heteroatoms. The first-order chi connectivity index (χ1) is 19.4. The summed E-state index contributed by atoms with van der Waals surface area (Å²) in [6.45, 7) is 14.3. The van der Waals surface area contributed by atoms with Crippen molar-refractivity contribution in [3.05, 3.63) is 71.3 Å². The van der Waals surface area contributed by atoms with Crippen LogP contribution in [-0.4, -0.2) is 41.0 Å². The van der Waals surface area contributed by atoms with Gasteiger partial charge in [-0.2, -0.15) is 0 Å². The van der Waals surface area contributed by atoms with Crippen molar-refractivity contribution in [2.75, 3.05) is 6.54 Å². The number of hydrogen-bond acceptors (Lipinski definition) is 4. The van der Waals surface area contributed by atoms with Crippen LogP contribution in [0, 0.1) is 12.8 Å². The van der Waals surface area contributed by atoms with Gasteiger partial charge in [-0.3, -0.25) is 9.59 Å². The zero-order valence-corrected chi connectivity index (χ0v) is 26.2. The van der Waals surface area contributed by atoms with E-state index in [0.717, 1.165) is 48.8 Å². The molecule has 2 rings (SSSR count). The second-order valence-corrected chi connectivity index (χ2v) is 12.2. The maximum Gasteiger partial charge on any atom is 0.408 e. The smallest absolute Gasteiger partial charge is 0.408 e. The Morgan fingerprint density at radius 2 is 1.54 bits per heavy atom. The van der Waals surface area contributed by atoms with Crippen molar-refractivity contribution in [2.45, 2.75) is 111 Å². The van der Waals surface area contributed by atoms with Gasteiger partial charge in [0.15, 0.2) is 0 Å². The van der Waals surface area contributed by atoms with Crippen molar-refractivity contribution in [3.63, 3.8) is 0 Å². The number of nitrogens with zero attached hydrogens (tertiary/aromatic N) is 1. The van der Waals surface area contributed by atoms with Gasteiger partial charge in [-0.25, -0.2) is 4.79 Å². The summed E-state index contributed by atoms with van der Waals surface area (Å²) < 4.78 is 5.50. The van der Waals surface area contributed by atoms with Gasteiger partial charge in [0.1, 0.15) is 17.7 Å². The molecule has 0 aromatic heterocycles. The Balaban J connectivity index is 2.47. The van der Waals surface area contributed by atoms with Gasteiger partial charge in [-0.1, -0.05) is 101 Å².